The van der Waals surface area contributed by atoms with Gasteiger partial charge in [-0.05, 0) is 19.1 Å². The second kappa shape index (κ2) is 6.62. The van der Waals surface area contributed by atoms with Crippen LogP contribution in [0.2, 0.25) is 0 Å². The average Bonchev–Trinajstić information content (AvgIpc) is 2.18. The van der Waals surface area contributed by atoms with Gasteiger partial charge in [0.05, 0.1) is 18.2 Å². The molecule has 14 heavy (non-hydrogen) atoms. The predicted molar refractivity (Wildman–Crippen MR) is 57.0 cm³/mol. The van der Waals surface area contributed by atoms with E-state index in [0.717, 1.165) is 0 Å². The molecule has 0 amide bonds. The maximum atomic E-state index is 11.2. The van der Waals surface area contributed by atoms with E-state index in [2.05, 4.69) is 4.98 Å². The van der Waals surface area contributed by atoms with Gasteiger partial charge in [0.15, 0.2) is 0 Å². The number of hydrogen-bond donors (Lipinski definition) is 0. The minimum atomic E-state index is -0.408. The zero-order chi connectivity index (χ0) is 9.68. The fourth-order valence-electron chi connectivity index (χ4n) is 0.873. The van der Waals surface area contributed by atoms with Crippen LogP contribution in [-0.2, 0) is 10.6 Å². The van der Waals surface area contributed by atoms with Gasteiger partial charge in [0.2, 0.25) is 0 Å². The van der Waals surface area contributed by atoms with Gasteiger partial charge in [0.1, 0.15) is 5.69 Å². The van der Waals surface area contributed by atoms with Crippen LogP contribution in [0, 0.1) is 0 Å². The van der Waals surface area contributed by atoms with Crippen molar-refractivity contribution in [3.8, 4) is 0 Å². The Morgan fingerprint density at radius 2 is 2.29 bits per heavy atom. The third-order valence-electron chi connectivity index (χ3n) is 1.43. The second-order valence-corrected chi connectivity index (χ2v) is 2.64. The molecule has 1 aromatic rings. The lowest BCUT2D eigenvalue weighted by Gasteiger charge is -2.01. The molecule has 1 aromatic heterocycles. The van der Waals surface area contributed by atoms with Crippen LogP contribution in [0.4, 0.5) is 0 Å². The molecular formula is C9H11Cl2NO2. The highest BCUT2D eigenvalue weighted by atomic mass is 35.5. The SMILES string of the molecule is CCOC(=O)c1cccc(CCl)n1.Cl. The van der Waals surface area contributed by atoms with E-state index >= 15 is 0 Å². The Balaban J connectivity index is 0.00000169. The Kier molecular flexibility index (Phi) is 6.25. The number of rotatable bonds is 3. The third-order valence-corrected chi connectivity index (χ3v) is 1.70. The lowest BCUT2D eigenvalue weighted by Crippen LogP contribution is -2.07. The van der Waals surface area contributed by atoms with E-state index in [1.54, 1.807) is 25.1 Å². The van der Waals surface area contributed by atoms with Crippen LogP contribution in [0.15, 0.2) is 18.2 Å². The van der Waals surface area contributed by atoms with Crippen LogP contribution in [-0.4, -0.2) is 17.6 Å². The molecule has 0 atom stereocenters. The molecule has 0 unspecified atom stereocenters. The van der Waals surface area contributed by atoms with Gasteiger partial charge in [-0.15, -0.1) is 24.0 Å². The Morgan fingerprint density at radius 3 is 2.86 bits per heavy atom. The number of carbonyl (C=O) groups is 1. The van der Waals surface area contributed by atoms with Crippen molar-refractivity contribution in [2.24, 2.45) is 0 Å². The summed E-state index contributed by atoms with van der Waals surface area (Å²) in [4.78, 5) is 15.2. The molecule has 0 saturated carbocycles. The number of nitrogens with zero attached hydrogens (tertiary/aromatic N) is 1. The van der Waals surface area contributed by atoms with Crippen molar-refractivity contribution in [3.05, 3.63) is 29.6 Å². The molecule has 5 heteroatoms. The number of aromatic nitrogens is 1. The second-order valence-electron chi connectivity index (χ2n) is 2.37. The van der Waals surface area contributed by atoms with E-state index < -0.39 is 5.97 Å². The first-order valence-corrected chi connectivity index (χ1v) is 4.50. The first-order valence-electron chi connectivity index (χ1n) is 3.97. The molecule has 0 bridgehead atoms. The standard InChI is InChI=1S/C9H10ClNO2.ClH/c1-2-13-9(12)8-5-3-4-7(6-10)11-8;/h3-5H,2,6H2,1H3;1H. The number of hydrogen-bond acceptors (Lipinski definition) is 3. The molecule has 0 saturated heterocycles. The maximum Gasteiger partial charge on any atom is 0.356 e. The van der Waals surface area contributed by atoms with Crippen molar-refractivity contribution in [3.63, 3.8) is 0 Å². The smallest absolute Gasteiger partial charge is 0.356 e. The molecule has 0 aliphatic carbocycles. The monoisotopic (exact) mass is 235 g/mol. The molecule has 0 fully saturated rings. The first-order chi connectivity index (χ1) is 6.27. The van der Waals surface area contributed by atoms with E-state index in [0.29, 0.717) is 23.9 Å². The molecular weight excluding hydrogens is 225 g/mol. The molecule has 1 heterocycles. The number of carbonyl (C=O) groups excluding carboxylic acids is 1. The minimum Gasteiger partial charge on any atom is -0.461 e. The van der Waals surface area contributed by atoms with Gasteiger partial charge >= 0.3 is 5.97 Å². The van der Waals surface area contributed by atoms with E-state index in [-0.39, 0.29) is 12.4 Å². The fraction of sp³-hybridized carbons (Fsp3) is 0.333. The van der Waals surface area contributed by atoms with Gasteiger partial charge in [-0.1, -0.05) is 6.07 Å². The highest BCUT2D eigenvalue weighted by molar-refractivity contribution is 6.16. The first kappa shape index (κ1) is 13.2. The zero-order valence-electron chi connectivity index (χ0n) is 7.70. The van der Waals surface area contributed by atoms with E-state index in [9.17, 15) is 4.79 Å². The van der Waals surface area contributed by atoms with Gasteiger partial charge in [-0.2, -0.15) is 0 Å². The summed E-state index contributed by atoms with van der Waals surface area (Å²) in [5, 5.41) is 0. The predicted octanol–water partition coefficient (Wildman–Crippen LogP) is 2.42. The molecule has 3 nitrogen and oxygen atoms in total. The van der Waals surface area contributed by atoms with Crippen molar-refractivity contribution in [2.45, 2.75) is 12.8 Å². The molecule has 0 radical (unpaired) electrons. The van der Waals surface area contributed by atoms with Crippen LogP contribution in [0.1, 0.15) is 23.1 Å². The largest absolute Gasteiger partial charge is 0.461 e. The molecule has 0 aromatic carbocycles. The summed E-state index contributed by atoms with van der Waals surface area (Å²) in [6, 6.07) is 5.10. The number of alkyl halides is 1. The molecule has 0 aliphatic heterocycles. The van der Waals surface area contributed by atoms with Crippen molar-refractivity contribution < 1.29 is 9.53 Å². The third kappa shape index (κ3) is 3.52. The normalized spacial score (nSPS) is 9.00. The van der Waals surface area contributed by atoms with E-state index in [1.807, 2.05) is 0 Å². The Bertz CT molecular complexity index is 305. The number of halogens is 2. The average molecular weight is 236 g/mol. The highest BCUT2D eigenvalue weighted by Gasteiger charge is 2.07. The van der Waals surface area contributed by atoms with E-state index in [1.165, 1.54) is 0 Å². The summed E-state index contributed by atoms with van der Waals surface area (Å²) in [5.74, 6) is -0.109. The molecule has 1 rings (SSSR count). The summed E-state index contributed by atoms with van der Waals surface area (Å²) >= 11 is 5.57. The molecule has 0 aliphatic rings. The summed E-state index contributed by atoms with van der Waals surface area (Å²) in [5.41, 5.74) is 0.979. The van der Waals surface area contributed by atoms with Crippen molar-refractivity contribution in [1.29, 1.82) is 0 Å². The molecule has 0 spiro atoms. The Hall–Kier alpha value is -0.800. The topological polar surface area (TPSA) is 39.2 Å². The Labute approximate surface area is 93.8 Å². The number of pyridine rings is 1. The van der Waals surface area contributed by atoms with Gasteiger partial charge in [0, 0.05) is 0 Å². The maximum absolute atomic E-state index is 11.2. The van der Waals surface area contributed by atoms with Gasteiger partial charge < -0.3 is 4.74 Å². The van der Waals surface area contributed by atoms with Crippen LogP contribution in [0.3, 0.4) is 0 Å². The quantitative estimate of drug-likeness (QED) is 0.597. The zero-order valence-corrected chi connectivity index (χ0v) is 9.27. The lowest BCUT2D eigenvalue weighted by molar-refractivity contribution is 0.0519. The van der Waals surface area contributed by atoms with E-state index in [4.69, 9.17) is 16.3 Å². The van der Waals surface area contributed by atoms with Crippen molar-refractivity contribution in [2.75, 3.05) is 6.61 Å². The van der Waals surface area contributed by atoms with Crippen molar-refractivity contribution >= 4 is 30.0 Å². The van der Waals surface area contributed by atoms with Crippen LogP contribution >= 0.6 is 24.0 Å². The van der Waals surface area contributed by atoms with Crippen LogP contribution < -0.4 is 0 Å². The van der Waals surface area contributed by atoms with Gasteiger partial charge in [-0.25, -0.2) is 9.78 Å². The van der Waals surface area contributed by atoms with Gasteiger partial charge in [-0.3, -0.25) is 0 Å². The lowest BCUT2D eigenvalue weighted by atomic mass is 10.3. The van der Waals surface area contributed by atoms with Gasteiger partial charge in [0.25, 0.3) is 0 Å². The Morgan fingerprint density at radius 1 is 1.57 bits per heavy atom. The fourth-order valence-corrected chi connectivity index (χ4v) is 1.02. The summed E-state index contributed by atoms with van der Waals surface area (Å²) < 4.78 is 4.78. The summed E-state index contributed by atoms with van der Waals surface area (Å²) in [7, 11) is 0. The number of ether oxygens (including phenoxy) is 1. The van der Waals surface area contributed by atoms with Crippen molar-refractivity contribution in [1.82, 2.24) is 4.98 Å². The highest BCUT2D eigenvalue weighted by Crippen LogP contribution is 2.03. The molecule has 78 valence electrons. The van der Waals surface area contributed by atoms with Crippen LogP contribution in [0.5, 0.6) is 0 Å². The van der Waals surface area contributed by atoms with Crippen LogP contribution in [0.25, 0.3) is 0 Å². The summed E-state index contributed by atoms with van der Waals surface area (Å²) in [6.07, 6.45) is 0. The molecule has 0 N–H and O–H groups in total. The minimum absolute atomic E-state index is 0. The summed E-state index contributed by atoms with van der Waals surface area (Å²) in [6.45, 7) is 2.11. The number of esters is 1.